The predicted octanol–water partition coefficient (Wildman–Crippen LogP) is -0.895. The summed E-state index contributed by atoms with van der Waals surface area (Å²) in [6.07, 6.45) is 0. The topological polar surface area (TPSA) is 120 Å². The minimum Gasteiger partial charge on any atom is -0.369 e. The first kappa shape index (κ1) is 12.4. The molecule has 2 aliphatic rings. The van der Waals surface area contributed by atoms with Crippen LogP contribution in [0.4, 0.5) is 0 Å². The van der Waals surface area contributed by atoms with Crippen LogP contribution in [0, 0.1) is 0 Å². The van der Waals surface area contributed by atoms with Gasteiger partial charge in [0.1, 0.15) is 0 Å². The van der Waals surface area contributed by atoms with Crippen LogP contribution >= 0.6 is 11.6 Å². The number of guanidine groups is 2. The number of halogens is 1. The third-order valence-corrected chi connectivity index (χ3v) is 2.30. The largest absolute Gasteiger partial charge is 0.369 e. The molecule has 0 aromatic heterocycles. The van der Waals surface area contributed by atoms with Crippen molar-refractivity contribution in [3.05, 3.63) is 0 Å². The van der Waals surface area contributed by atoms with Crippen LogP contribution in [0.25, 0.3) is 0 Å². The number of nitrogens with one attached hydrogen (secondary N) is 1. The molecule has 2 rings (SSSR count). The van der Waals surface area contributed by atoms with E-state index in [-0.39, 0.29) is 23.7 Å². The Balaban J connectivity index is 2.10. The highest BCUT2D eigenvalue weighted by atomic mass is 35.5. The van der Waals surface area contributed by atoms with Gasteiger partial charge in [0, 0.05) is 12.9 Å². The van der Waals surface area contributed by atoms with Gasteiger partial charge in [-0.3, -0.25) is 15.1 Å². The summed E-state index contributed by atoms with van der Waals surface area (Å²) in [6.45, 7) is 0.546. The third-order valence-electron chi connectivity index (χ3n) is 2.13. The monoisotopic (exact) mass is 270 g/mol. The van der Waals surface area contributed by atoms with Gasteiger partial charge in [0.2, 0.25) is 5.96 Å². The van der Waals surface area contributed by atoms with Gasteiger partial charge < -0.3 is 5.73 Å². The van der Waals surface area contributed by atoms with Crippen molar-refractivity contribution in [3.63, 3.8) is 0 Å². The van der Waals surface area contributed by atoms with E-state index in [1.165, 1.54) is 5.01 Å². The number of aliphatic imine (C=N–C) groups is 3. The van der Waals surface area contributed by atoms with Crippen LogP contribution < -0.4 is 11.1 Å². The van der Waals surface area contributed by atoms with Gasteiger partial charge in [0.15, 0.2) is 11.9 Å². The number of hydrogen-bond donors (Lipinski definition) is 2. The molecule has 0 radical (unpaired) electrons. The van der Waals surface area contributed by atoms with Crippen LogP contribution in [0.15, 0.2) is 25.3 Å². The Labute approximate surface area is 107 Å². The smallest absolute Gasteiger partial charge is 0.269 e. The minimum atomic E-state index is -0.787. The van der Waals surface area contributed by atoms with Crippen molar-refractivity contribution < 1.29 is 4.79 Å². The van der Waals surface area contributed by atoms with E-state index < -0.39 is 6.04 Å². The first-order valence-corrected chi connectivity index (χ1v) is 5.64. The van der Waals surface area contributed by atoms with Gasteiger partial charge in [-0.2, -0.15) is 9.98 Å². The van der Waals surface area contributed by atoms with E-state index in [9.17, 15) is 4.79 Å². The Bertz CT molecular complexity index is 481. The maximum Gasteiger partial charge on any atom is 0.269 e. The summed E-state index contributed by atoms with van der Waals surface area (Å²) in [4.78, 5) is 23.3. The van der Waals surface area contributed by atoms with Crippen molar-refractivity contribution in [3.8, 4) is 0 Å². The van der Waals surface area contributed by atoms with Gasteiger partial charge in [-0.25, -0.2) is 4.99 Å². The minimum absolute atomic E-state index is 0.00245. The fraction of sp³-hybridized carbons (Fsp3) is 0.500. The second kappa shape index (κ2) is 5.08. The molecule has 2 heterocycles. The van der Waals surface area contributed by atoms with Crippen LogP contribution in [-0.4, -0.2) is 54.2 Å². The molecule has 0 aromatic rings. The van der Waals surface area contributed by atoms with Crippen molar-refractivity contribution in [2.24, 2.45) is 31.0 Å². The number of carbonyl (C=O) groups excluding carboxylic acids is 1. The molecule has 9 nitrogen and oxygen atoms in total. The lowest BCUT2D eigenvalue weighted by molar-refractivity contribution is -0.119. The highest BCUT2D eigenvalue weighted by Gasteiger charge is 2.33. The van der Waals surface area contributed by atoms with Gasteiger partial charge in [-0.15, -0.1) is 11.6 Å². The van der Waals surface area contributed by atoms with E-state index in [4.69, 9.17) is 17.3 Å². The Morgan fingerprint density at radius 2 is 2.33 bits per heavy atom. The number of amides is 1. The van der Waals surface area contributed by atoms with Crippen LogP contribution in [0.1, 0.15) is 0 Å². The number of amidine groups is 1. The number of alkyl halides is 1. The zero-order chi connectivity index (χ0) is 13.1. The number of hydrogen-bond acceptors (Lipinski definition) is 7. The molecule has 0 fully saturated rings. The average Bonchev–Trinajstić information content (AvgIpc) is 2.70. The zero-order valence-electron chi connectivity index (χ0n) is 9.54. The summed E-state index contributed by atoms with van der Waals surface area (Å²) in [6, 6.07) is -0.787. The molecule has 0 aromatic carbocycles. The molecule has 18 heavy (non-hydrogen) atoms. The highest BCUT2D eigenvalue weighted by molar-refractivity contribution is 6.24. The lowest BCUT2D eigenvalue weighted by Gasteiger charge is -2.13. The summed E-state index contributed by atoms with van der Waals surface area (Å²) < 4.78 is 0. The Morgan fingerprint density at radius 3 is 3.06 bits per heavy atom. The molecule has 3 N–H and O–H groups in total. The molecule has 10 heteroatoms. The first-order chi connectivity index (χ1) is 8.60. The maximum atomic E-state index is 11.5. The number of rotatable bonds is 3. The maximum absolute atomic E-state index is 11.5. The van der Waals surface area contributed by atoms with E-state index in [1.807, 2.05) is 0 Å². The second-order valence-electron chi connectivity index (χ2n) is 3.55. The fourth-order valence-electron chi connectivity index (χ4n) is 1.31. The van der Waals surface area contributed by atoms with Crippen LogP contribution in [-0.2, 0) is 4.79 Å². The molecule has 2 aliphatic heterocycles. The van der Waals surface area contributed by atoms with Crippen molar-refractivity contribution >= 4 is 35.3 Å². The molecule has 0 saturated heterocycles. The Hall–Kier alpha value is -2.03. The lowest BCUT2D eigenvalue weighted by Crippen LogP contribution is -2.49. The van der Waals surface area contributed by atoms with E-state index >= 15 is 0 Å². The molecule has 0 bridgehead atoms. The fourth-order valence-corrected chi connectivity index (χ4v) is 1.55. The normalized spacial score (nSPS) is 22.2. The first-order valence-electron chi connectivity index (χ1n) is 5.10. The van der Waals surface area contributed by atoms with Crippen molar-refractivity contribution in [1.29, 1.82) is 0 Å². The molecule has 1 unspecified atom stereocenters. The van der Waals surface area contributed by atoms with Crippen LogP contribution in [0.3, 0.4) is 0 Å². The number of carbonyl (C=O) groups is 1. The van der Waals surface area contributed by atoms with Gasteiger partial charge in [-0.05, 0) is 0 Å². The van der Waals surface area contributed by atoms with E-state index in [0.717, 1.165) is 0 Å². The molecule has 96 valence electrons. The summed E-state index contributed by atoms with van der Waals surface area (Å²) in [7, 11) is 1.71. The predicted molar refractivity (Wildman–Crippen MR) is 66.6 cm³/mol. The standard InChI is InChI=1S/C8H11ClN8O/c1-17(3-2-9)16-15-8-11-4-5(13-8)12-7(10)14-6(4)18/h4H,2-3H2,1H3,(H3,10,11,12,13,14,18)/b16-15+. The highest BCUT2D eigenvalue weighted by Crippen LogP contribution is 2.11. The van der Waals surface area contributed by atoms with Gasteiger partial charge in [-0.1, -0.05) is 10.3 Å². The number of nitrogens with zero attached hydrogens (tertiary/aromatic N) is 6. The Morgan fingerprint density at radius 1 is 1.56 bits per heavy atom. The average molecular weight is 271 g/mol. The summed E-state index contributed by atoms with van der Waals surface area (Å²) in [5.74, 6) is 0.376. The molecular formula is C8H11ClN8O. The lowest BCUT2D eigenvalue weighted by atomic mass is 10.2. The van der Waals surface area contributed by atoms with E-state index in [0.29, 0.717) is 12.4 Å². The zero-order valence-corrected chi connectivity index (χ0v) is 10.3. The van der Waals surface area contributed by atoms with E-state index in [1.54, 1.807) is 7.05 Å². The molecule has 0 spiro atoms. The molecule has 0 aliphatic carbocycles. The van der Waals surface area contributed by atoms with Crippen molar-refractivity contribution in [2.75, 3.05) is 19.5 Å². The second-order valence-corrected chi connectivity index (χ2v) is 3.93. The summed E-state index contributed by atoms with van der Waals surface area (Å²) >= 11 is 5.54. The van der Waals surface area contributed by atoms with Gasteiger partial charge >= 0.3 is 0 Å². The van der Waals surface area contributed by atoms with Crippen molar-refractivity contribution in [1.82, 2.24) is 10.3 Å². The number of fused-ring (bicyclic) bond motifs is 1. The van der Waals surface area contributed by atoms with Gasteiger partial charge in [0.05, 0.1) is 6.54 Å². The SMILES string of the molecule is CN(CCCl)/N=N/C1=NC2C(=O)NC(N)=NC2=N1. The molecule has 1 amide bonds. The quantitative estimate of drug-likeness (QED) is 0.393. The molecule has 0 saturated carbocycles. The summed E-state index contributed by atoms with van der Waals surface area (Å²) in [5, 5.41) is 11.5. The third kappa shape index (κ3) is 2.62. The number of nitrogens with two attached hydrogens (primary N) is 1. The molecular weight excluding hydrogens is 260 g/mol. The van der Waals surface area contributed by atoms with Crippen LogP contribution in [0.2, 0.25) is 0 Å². The van der Waals surface area contributed by atoms with Crippen molar-refractivity contribution in [2.45, 2.75) is 6.04 Å². The molecule has 1 atom stereocenters. The van der Waals surface area contributed by atoms with E-state index in [2.05, 4.69) is 30.6 Å². The van der Waals surface area contributed by atoms with Crippen LogP contribution in [0.5, 0.6) is 0 Å². The Kier molecular flexibility index (Phi) is 3.51. The van der Waals surface area contributed by atoms with Gasteiger partial charge in [0.25, 0.3) is 11.9 Å². The summed E-state index contributed by atoms with van der Waals surface area (Å²) in [5.41, 5.74) is 5.40.